The van der Waals surface area contributed by atoms with Crippen LogP contribution in [0.15, 0.2) is 29.1 Å². The van der Waals surface area contributed by atoms with E-state index in [4.69, 9.17) is 4.98 Å². The standard InChI is InChI=1S/C16H16BrN7/c1-9-4-5-11-10(6-9)21-12(23(11)2)7-18-15-13-14(17)22-24(3)16(13)20-8-19-15/h4-6,8H,7H2,1-3H3,(H,18,19,20). The molecule has 0 unspecified atom stereocenters. The van der Waals surface area contributed by atoms with E-state index in [9.17, 15) is 0 Å². The van der Waals surface area contributed by atoms with Crippen LogP contribution >= 0.6 is 15.9 Å². The third-order valence-corrected chi connectivity index (χ3v) is 4.68. The predicted molar refractivity (Wildman–Crippen MR) is 96.8 cm³/mol. The molecule has 4 aromatic rings. The molecule has 1 N–H and O–H groups in total. The minimum atomic E-state index is 0.567. The molecule has 0 atom stereocenters. The van der Waals surface area contributed by atoms with E-state index in [1.165, 1.54) is 11.9 Å². The van der Waals surface area contributed by atoms with Crippen molar-refractivity contribution in [3.63, 3.8) is 0 Å². The van der Waals surface area contributed by atoms with Crippen molar-refractivity contribution in [3.8, 4) is 0 Å². The Bertz CT molecular complexity index is 1060. The molecule has 0 aliphatic heterocycles. The van der Waals surface area contributed by atoms with Gasteiger partial charge in [-0.1, -0.05) is 6.07 Å². The van der Waals surface area contributed by atoms with E-state index in [1.807, 2.05) is 14.1 Å². The van der Waals surface area contributed by atoms with Crippen LogP contribution in [0.4, 0.5) is 5.82 Å². The summed E-state index contributed by atoms with van der Waals surface area (Å²) in [4.78, 5) is 13.3. The Kier molecular flexibility index (Phi) is 3.49. The Morgan fingerprint density at radius 3 is 2.88 bits per heavy atom. The second-order valence-electron chi connectivity index (χ2n) is 5.77. The molecule has 4 rings (SSSR count). The summed E-state index contributed by atoms with van der Waals surface area (Å²) in [5.74, 6) is 1.69. The normalized spacial score (nSPS) is 11.5. The lowest BCUT2D eigenvalue weighted by molar-refractivity contribution is 0.777. The van der Waals surface area contributed by atoms with Gasteiger partial charge in [0.2, 0.25) is 0 Å². The van der Waals surface area contributed by atoms with E-state index in [0.717, 1.165) is 38.3 Å². The predicted octanol–water partition coefficient (Wildman–Crippen LogP) is 2.93. The number of aryl methyl sites for hydroxylation is 3. The molecule has 0 amide bonds. The van der Waals surface area contributed by atoms with E-state index in [-0.39, 0.29) is 0 Å². The maximum Gasteiger partial charge on any atom is 0.164 e. The Balaban J connectivity index is 1.70. The molecule has 0 aliphatic carbocycles. The van der Waals surface area contributed by atoms with Crippen LogP contribution in [0.3, 0.4) is 0 Å². The van der Waals surface area contributed by atoms with Crippen molar-refractivity contribution >= 4 is 43.8 Å². The number of hydrogen-bond acceptors (Lipinski definition) is 5. The Labute approximate surface area is 146 Å². The number of halogens is 1. The van der Waals surface area contributed by atoms with Gasteiger partial charge in [-0.15, -0.1) is 0 Å². The van der Waals surface area contributed by atoms with Crippen molar-refractivity contribution in [3.05, 3.63) is 40.5 Å². The maximum atomic E-state index is 4.72. The third-order valence-electron chi connectivity index (χ3n) is 4.12. The van der Waals surface area contributed by atoms with Crippen LogP contribution in [0.1, 0.15) is 11.4 Å². The van der Waals surface area contributed by atoms with Gasteiger partial charge in [0.25, 0.3) is 0 Å². The van der Waals surface area contributed by atoms with Gasteiger partial charge in [0.15, 0.2) is 5.65 Å². The molecule has 0 spiro atoms. The van der Waals surface area contributed by atoms with Gasteiger partial charge in [0, 0.05) is 14.1 Å². The van der Waals surface area contributed by atoms with Gasteiger partial charge in [0.1, 0.15) is 22.6 Å². The van der Waals surface area contributed by atoms with Crippen LogP contribution in [0.25, 0.3) is 22.1 Å². The molecule has 8 heteroatoms. The fourth-order valence-corrected chi connectivity index (χ4v) is 3.46. The van der Waals surface area contributed by atoms with E-state index < -0.39 is 0 Å². The lowest BCUT2D eigenvalue weighted by atomic mass is 10.2. The van der Waals surface area contributed by atoms with Gasteiger partial charge in [-0.2, -0.15) is 5.10 Å². The second-order valence-corrected chi connectivity index (χ2v) is 6.52. The number of benzene rings is 1. The first-order valence-electron chi connectivity index (χ1n) is 7.53. The van der Waals surface area contributed by atoms with Crippen LogP contribution in [-0.2, 0) is 20.6 Å². The summed E-state index contributed by atoms with van der Waals surface area (Å²) >= 11 is 3.47. The number of hydrogen-bond donors (Lipinski definition) is 1. The van der Waals surface area contributed by atoms with Gasteiger partial charge in [0.05, 0.1) is 23.0 Å². The number of rotatable bonds is 3. The summed E-state index contributed by atoms with van der Waals surface area (Å²) in [6.45, 7) is 2.64. The molecular weight excluding hydrogens is 370 g/mol. The highest BCUT2D eigenvalue weighted by Gasteiger charge is 2.14. The lowest BCUT2D eigenvalue weighted by Crippen LogP contribution is -2.07. The van der Waals surface area contributed by atoms with Crippen LogP contribution in [0, 0.1) is 6.92 Å². The summed E-state index contributed by atoms with van der Waals surface area (Å²) in [5.41, 5.74) is 4.11. The highest BCUT2D eigenvalue weighted by Crippen LogP contribution is 2.27. The summed E-state index contributed by atoms with van der Waals surface area (Å²) in [6, 6.07) is 6.29. The highest BCUT2D eigenvalue weighted by molar-refractivity contribution is 9.10. The molecule has 122 valence electrons. The molecule has 0 fully saturated rings. The van der Waals surface area contributed by atoms with Crippen LogP contribution in [0.5, 0.6) is 0 Å². The van der Waals surface area contributed by atoms with Gasteiger partial charge in [-0.05, 0) is 40.5 Å². The summed E-state index contributed by atoms with van der Waals surface area (Å²) in [5, 5.41) is 8.56. The maximum absolute atomic E-state index is 4.72. The molecule has 0 radical (unpaired) electrons. The number of imidazole rings is 1. The monoisotopic (exact) mass is 385 g/mol. The summed E-state index contributed by atoms with van der Waals surface area (Å²) < 4.78 is 4.55. The Morgan fingerprint density at radius 2 is 2.04 bits per heavy atom. The first-order valence-corrected chi connectivity index (χ1v) is 8.33. The average molecular weight is 386 g/mol. The van der Waals surface area contributed by atoms with Gasteiger partial charge in [-0.3, -0.25) is 0 Å². The summed E-state index contributed by atoms with van der Waals surface area (Å²) in [7, 11) is 3.88. The van der Waals surface area contributed by atoms with E-state index >= 15 is 0 Å². The minimum absolute atomic E-state index is 0.567. The summed E-state index contributed by atoms with van der Waals surface area (Å²) in [6.07, 6.45) is 1.54. The van der Waals surface area contributed by atoms with Crippen molar-refractivity contribution < 1.29 is 0 Å². The molecule has 0 bridgehead atoms. The molecule has 1 aromatic carbocycles. The minimum Gasteiger partial charge on any atom is -0.362 e. The van der Waals surface area contributed by atoms with E-state index in [1.54, 1.807) is 4.68 Å². The van der Waals surface area contributed by atoms with E-state index in [2.05, 4.69) is 66.0 Å². The highest BCUT2D eigenvalue weighted by atomic mass is 79.9. The van der Waals surface area contributed by atoms with Crippen LogP contribution in [-0.4, -0.2) is 29.3 Å². The molecule has 24 heavy (non-hydrogen) atoms. The Hall–Kier alpha value is -2.48. The fraction of sp³-hybridized carbons (Fsp3) is 0.250. The quantitative estimate of drug-likeness (QED) is 0.586. The van der Waals surface area contributed by atoms with Crippen molar-refractivity contribution in [2.75, 3.05) is 5.32 Å². The molecule has 0 saturated carbocycles. The van der Waals surface area contributed by atoms with E-state index in [0.29, 0.717) is 6.54 Å². The zero-order valence-electron chi connectivity index (χ0n) is 13.6. The average Bonchev–Trinajstić information content (AvgIpc) is 3.03. The zero-order valence-corrected chi connectivity index (χ0v) is 15.2. The largest absolute Gasteiger partial charge is 0.362 e. The smallest absolute Gasteiger partial charge is 0.164 e. The Morgan fingerprint density at radius 1 is 1.21 bits per heavy atom. The fourth-order valence-electron chi connectivity index (χ4n) is 2.86. The topological polar surface area (TPSA) is 73.5 Å². The number of anilines is 1. The third kappa shape index (κ3) is 2.34. The van der Waals surface area contributed by atoms with Gasteiger partial charge < -0.3 is 9.88 Å². The van der Waals surface area contributed by atoms with Crippen molar-refractivity contribution in [2.24, 2.45) is 14.1 Å². The second kappa shape index (κ2) is 5.55. The molecular formula is C16H16BrN7. The molecule has 7 nitrogen and oxygen atoms in total. The molecule has 0 aliphatic rings. The number of aromatic nitrogens is 6. The lowest BCUT2D eigenvalue weighted by Gasteiger charge is -2.07. The van der Waals surface area contributed by atoms with Crippen molar-refractivity contribution in [2.45, 2.75) is 13.5 Å². The first kappa shape index (κ1) is 15.1. The molecule has 0 saturated heterocycles. The van der Waals surface area contributed by atoms with Crippen molar-refractivity contribution in [1.29, 1.82) is 0 Å². The zero-order chi connectivity index (χ0) is 16.8. The number of nitrogens with zero attached hydrogens (tertiary/aromatic N) is 6. The number of fused-ring (bicyclic) bond motifs is 2. The first-order chi connectivity index (χ1) is 11.5. The van der Waals surface area contributed by atoms with Crippen LogP contribution < -0.4 is 5.32 Å². The van der Waals surface area contributed by atoms with Crippen molar-refractivity contribution in [1.82, 2.24) is 29.3 Å². The van der Waals surface area contributed by atoms with Gasteiger partial charge in [-0.25, -0.2) is 19.6 Å². The van der Waals surface area contributed by atoms with Gasteiger partial charge >= 0.3 is 0 Å². The van der Waals surface area contributed by atoms with Crippen LogP contribution in [0.2, 0.25) is 0 Å². The number of nitrogens with one attached hydrogen (secondary N) is 1. The SMILES string of the molecule is Cc1ccc2c(c1)nc(CNc1ncnc3c1c(Br)nn3C)n2C. The molecule has 3 aromatic heterocycles. The molecule has 3 heterocycles.